The molecular weight excluding hydrogens is 193 g/mol. The molecule has 0 amide bonds. The number of rotatable bonds is 2. The van der Waals surface area contributed by atoms with Gasteiger partial charge in [-0.25, -0.2) is 9.37 Å². The Morgan fingerprint density at radius 1 is 1.40 bits per heavy atom. The molecule has 0 saturated carbocycles. The molecule has 1 unspecified atom stereocenters. The molecule has 0 radical (unpaired) electrons. The van der Waals surface area contributed by atoms with Gasteiger partial charge in [0.25, 0.3) is 0 Å². The van der Waals surface area contributed by atoms with E-state index < -0.39 is 0 Å². The van der Waals surface area contributed by atoms with E-state index in [1.54, 1.807) is 35.3 Å². The quantitative estimate of drug-likeness (QED) is 0.815. The molecule has 1 aromatic carbocycles. The van der Waals surface area contributed by atoms with Crippen LogP contribution in [0.3, 0.4) is 0 Å². The van der Waals surface area contributed by atoms with Crippen molar-refractivity contribution in [2.24, 2.45) is 5.73 Å². The molecular formula is C11H12FN3. The first kappa shape index (κ1) is 9.86. The fourth-order valence-corrected chi connectivity index (χ4v) is 1.49. The number of nitrogens with two attached hydrogens (primary N) is 1. The molecule has 15 heavy (non-hydrogen) atoms. The van der Waals surface area contributed by atoms with Crippen molar-refractivity contribution in [1.29, 1.82) is 0 Å². The lowest BCUT2D eigenvalue weighted by atomic mass is 10.2. The summed E-state index contributed by atoms with van der Waals surface area (Å²) in [6.07, 6.45) is 3.22. The predicted octanol–water partition coefficient (Wildman–Crippen LogP) is 2.03. The number of hydrogen-bond donors (Lipinski definition) is 1. The molecule has 1 heterocycles. The number of benzene rings is 1. The van der Waals surface area contributed by atoms with Gasteiger partial charge in [-0.15, -0.1) is 0 Å². The van der Waals surface area contributed by atoms with Gasteiger partial charge in [0.05, 0.1) is 23.9 Å². The van der Waals surface area contributed by atoms with Gasteiger partial charge in [-0.3, -0.25) is 4.57 Å². The minimum Gasteiger partial charge on any atom is -0.323 e. The molecule has 0 fully saturated rings. The Labute approximate surface area is 87.4 Å². The second-order valence-corrected chi connectivity index (χ2v) is 3.43. The minimum absolute atomic E-state index is 0.174. The third kappa shape index (κ3) is 1.76. The molecule has 0 bridgehead atoms. The van der Waals surface area contributed by atoms with E-state index in [9.17, 15) is 4.39 Å². The van der Waals surface area contributed by atoms with Gasteiger partial charge >= 0.3 is 0 Å². The Kier molecular flexibility index (Phi) is 2.51. The fourth-order valence-electron chi connectivity index (χ4n) is 1.49. The summed E-state index contributed by atoms with van der Waals surface area (Å²) in [5.41, 5.74) is 7.03. The Balaban J connectivity index is 2.55. The lowest BCUT2D eigenvalue weighted by molar-refractivity contribution is 0.612. The van der Waals surface area contributed by atoms with Crippen LogP contribution in [0.5, 0.6) is 0 Å². The van der Waals surface area contributed by atoms with E-state index in [4.69, 9.17) is 5.73 Å². The van der Waals surface area contributed by atoms with Crippen molar-refractivity contribution in [3.8, 4) is 5.69 Å². The number of aromatic nitrogens is 2. The maximum Gasteiger partial charge on any atom is 0.147 e. The lowest BCUT2D eigenvalue weighted by Gasteiger charge is -2.11. The van der Waals surface area contributed by atoms with Gasteiger partial charge in [-0.2, -0.15) is 0 Å². The molecule has 0 saturated heterocycles. The van der Waals surface area contributed by atoms with E-state index in [0.717, 1.165) is 5.69 Å². The van der Waals surface area contributed by atoms with Gasteiger partial charge < -0.3 is 5.73 Å². The number of hydrogen-bond acceptors (Lipinski definition) is 2. The van der Waals surface area contributed by atoms with Crippen LogP contribution >= 0.6 is 0 Å². The number of nitrogens with zero attached hydrogens (tertiary/aromatic N) is 2. The molecule has 2 aromatic rings. The zero-order valence-electron chi connectivity index (χ0n) is 8.39. The summed E-state index contributed by atoms with van der Waals surface area (Å²) in [6.45, 7) is 1.84. The highest BCUT2D eigenvalue weighted by Gasteiger charge is 2.10. The minimum atomic E-state index is -0.280. The first-order chi connectivity index (χ1) is 7.20. The maximum absolute atomic E-state index is 13.5. The van der Waals surface area contributed by atoms with Crippen LogP contribution < -0.4 is 5.73 Å². The van der Waals surface area contributed by atoms with E-state index in [1.165, 1.54) is 6.07 Å². The Bertz CT molecular complexity index is 462. The van der Waals surface area contributed by atoms with Crippen LogP contribution in [0.15, 0.2) is 36.8 Å². The van der Waals surface area contributed by atoms with E-state index in [0.29, 0.717) is 5.69 Å². The summed E-state index contributed by atoms with van der Waals surface area (Å²) in [5.74, 6) is -0.280. The highest BCUT2D eigenvalue weighted by atomic mass is 19.1. The van der Waals surface area contributed by atoms with Gasteiger partial charge in [0.1, 0.15) is 5.82 Å². The summed E-state index contributed by atoms with van der Waals surface area (Å²) in [7, 11) is 0. The number of halogens is 1. The Morgan fingerprint density at radius 3 is 2.80 bits per heavy atom. The van der Waals surface area contributed by atoms with E-state index in [-0.39, 0.29) is 11.9 Å². The molecule has 2 rings (SSSR count). The van der Waals surface area contributed by atoms with Crippen molar-refractivity contribution in [3.05, 3.63) is 48.3 Å². The second kappa shape index (κ2) is 3.82. The summed E-state index contributed by atoms with van der Waals surface area (Å²) in [5, 5.41) is 0. The van der Waals surface area contributed by atoms with Crippen LogP contribution in [0.4, 0.5) is 4.39 Å². The van der Waals surface area contributed by atoms with Crippen LogP contribution in [-0.4, -0.2) is 9.55 Å². The number of para-hydroxylation sites is 1. The SMILES string of the molecule is CC(N)c1cncn1-c1ccccc1F. The average molecular weight is 205 g/mol. The monoisotopic (exact) mass is 205 g/mol. The topological polar surface area (TPSA) is 43.8 Å². The maximum atomic E-state index is 13.5. The van der Waals surface area contributed by atoms with Gasteiger partial charge in [-0.1, -0.05) is 12.1 Å². The predicted molar refractivity (Wildman–Crippen MR) is 56.1 cm³/mol. The molecule has 0 aliphatic carbocycles. The molecule has 78 valence electrons. The molecule has 1 atom stereocenters. The van der Waals surface area contributed by atoms with Crippen molar-refractivity contribution < 1.29 is 4.39 Å². The first-order valence-electron chi connectivity index (χ1n) is 4.73. The summed E-state index contributed by atoms with van der Waals surface area (Å²) in [4.78, 5) is 3.98. The van der Waals surface area contributed by atoms with E-state index in [2.05, 4.69) is 4.98 Å². The largest absolute Gasteiger partial charge is 0.323 e. The third-order valence-electron chi connectivity index (χ3n) is 2.25. The van der Waals surface area contributed by atoms with Gasteiger partial charge in [0.15, 0.2) is 0 Å². The second-order valence-electron chi connectivity index (χ2n) is 3.43. The van der Waals surface area contributed by atoms with E-state index in [1.807, 2.05) is 6.92 Å². The smallest absolute Gasteiger partial charge is 0.147 e. The fraction of sp³-hybridized carbons (Fsp3) is 0.182. The van der Waals surface area contributed by atoms with Crippen molar-refractivity contribution in [2.45, 2.75) is 13.0 Å². The summed E-state index contributed by atoms with van der Waals surface area (Å²) < 4.78 is 15.2. The molecule has 3 nitrogen and oxygen atoms in total. The normalized spacial score (nSPS) is 12.7. The van der Waals surface area contributed by atoms with Crippen molar-refractivity contribution >= 4 is 0 Å². The van der Waals surface area contributed by atoms with Crippen molar-refractivity contribution in [2.75, 3.05) is 0 Å². The zero-order chi connectivity index (χ0) is 10.8. The highest BCUT2D eigenvalue weighted by Crippen LogP contribution is 2.18. The van der Waals surface area contributed by atoms with Crippen LogP contribution in [0.25, 0.3) is 5.69 Å². The molecule has 0 aliphatic rings. The van der Waals surface area contributed by atoms with Crippen LogP contribution in [0.2, 0.25) is 0 Å². The highest BCUT2D eigenvalue weighted by molar-refractivity contribution is 5.35. The lowest BCUT2D eigenvalue weighted by Crippen LogP contribution is -2.11. The van der Waals surface area contributed by atoms with Gasteiger partial charge in [0.2, 0.25) is 0 Å². The van der Waals surface area contributed by atoms with Gasteiger partial charge in [0, 0.05) is 6.04 Å². The third-order valence-corrected chi connectivity index (χ3v) is 2.25. The molecule has 0 spiro atoms. The summed E-state index contributed by atoms with van der Waals surface area (Å²) >= 11 is 0. The van der Waals surface area contributed by atoms with Crippen LogP contribution in [-0.2, 0) is 0 Å². The molecule has 1 aromatic heterocycles. The Morgan fingerprint density at radius 2 is 2.13 bits per heavy atom. The average Bonchev–Trinajstić information content (AvgIpc) is 2.67. The standard InChI is InChI=1S/C11H12FN3/c1-8(13)11-6-14-7-15(11)10-5-3-2-4-9(10)12/h2-8H,13H2,1H3. The van der Waals surface area contributed by atoms with Crippen LogP contribution in [0, 0.1) is 5.82 Å². The van der Waals surface area contributed by atoms with Crippen molar-refractivity contribution in [1.82, 2.24) is 9.55 Å². The Hall–Kier alpha value is -1.68. The molecule has 4 heteroatoms. The zero-order valence-corrected chi connectivity index (χ0v) is 8.39. The number of imidazole rings is 1. The van der Waals surface area contributed by atoms with Crippen LogP contribution in [0.1, 0.15) is 18.7 Å². The molecule has 2 N–H and O–H groups in total. The molecule has 0 aliphatic heterocycles. The summed E-state index contributed by atoms with van der Waals surface area (Å²) in [6, 6.07) is 6.38. The van der Waals surface area contributed by atoms with Gasteiger partial charge in [-0.05, 0) is 19.1 Å². The first-order valence-corrected chi connectivity index (χ1v) is 4.73. The van der Waals surface area contributed by atoms with E-state index >= 15 is 0 Å². The van der Waals surface area contributed by atoms with Crippen molar-refractivity contribution in [3.63, 3.8) is 0 Å².